The van der Waals surface area contributed by atoms with Gasteiger partial charge in [-0.05, 0) is 19.6 Å². The lowest BCUT2D eigenvalue weighted by Gasteiger charge is -2.09. The minimum atomic E-state index is -0.154. The van der Waals surface area contributed by atoms with Crippen LogP contribution < -0.4 is 11.1 Å². The average Bonchev–Trinajstić information content (AvgIpc) is 2.52. The van der Waals surface area contributed by atoms with Gasteiger partial charge >= 0.3 is 0 Å². The molecule has 0 bridgehead atoms. The number of nitrogens with one attached hydrogen (secondary N) is 1. The number of hydrogen-bond acceptors (Lipinski definition) is 4. The van der Waals surface area contributed by atoms with Crippen molar-refractivity contribution in [3.63, 3.8) is 0 Å². The molecular weight excluding hydrogens is 236 g/mol. The number of nitrogens with two attached hydrogens (primary N) is 1. The van der Waals surface area contributed by atoms with Crippen molar-refractivity contribution in [2.45, 2.75) is 25.5 Å². The van der Waals surface area contributed by atoms with Crippen molar-refractivity contribution in [2.24, 2.45) is 7.05 Å². The lowest BCUT2D eigenvalue weighted by Crippen LogP contribution is -2.28. The SMILES string of the molecule is CSC(C)CCNC(=O)c1c(N)c(C)nn1C. The topological polar surface area (TPSA) is 72.9 Å². The molecule has 1 unspecified atom stereocenters. The Bertz CT molecular complexity index is 402. The van der Waals surface area contributed by atoms with E-state index in [1.807, 2.05) is 0 Å². The Morgan fingerprint density at radius 1 is 1.65 bits per heavy atom. The molecule has 5 nitrogen and oxygen atoms in total. The van der Waals surface area contributed by atoms with E-state index in [9.17, 15) is 4.79 Å². The van der Waals surface area contributed by atoms with Crippen LogP contribution in [0.4, 0.5) is 5.69 Å². The third kappa shape index (κ3) is 3.39. The standard InChI is InChI=1S/C11H20N4OS/c1-7(17-4)5-6-13-11(16)10-9(12)8(2)14-15(10)3/h7H,5-6,12H2,1-4H3,(H,13,16). The van der Waals surface area contributed by atoms with Gasteiger partial charge in [0.05, 0.1) is 11.4 Å². The molecular formula is C11H20N4OS. The molecule has 96 valence electrons. The van der Waals surface area contributed by atoms with E-state index < -0.39 is 0 Å². The van der Waals surface area contributed by atoms with E-state index in [1.165, 1.54) is 4.68 Å². The number of anilines is 1. The average molecular weight is 256 g/mol. The number of hydrogen-bond donors (Lipinski definition) is 2. The van der Waals surface area contributed by atoms with E-state index >= 15 is 0 Å². The fraction of sp³-hybridized carbons (Fsp3) is 0.636. The van der Waals surface area contributed by atoms with Gasteiger partial charge in [0.15, 0.2) is 0 Å². The Kier molecular flexibility index (Phi) is 4.86. The normalized spacial score (nSPS) is 12.5. The molecule has 1 atom stereocenters. The highest BCUT2D eigenvalue weighted by atomic mass is 32.2. The van der Waals surface area contributed by atoms with Crippen molar-refractivity contribution in [3.05, 3.63) is 11.4 Å². The zero-order valence-electron chi connectivity index (χ0n) is 10.8. The van der Waals surface area contributed by atoms with E-state index in [-0.39, 0.29) is 5.91 Å². The zero-order valence-corrected chi connectivity index (χ0v) is 11.6. The van der Waals surface area contributed by atoms with Crippen molar-refractivity contribution in [1.29, 1.82) is 0 Å². The molecule has 0 saturated carbocycles. The Balaban J connectivity index is 2.58. The highest BCUT2D eigenvalue weighted by Crippen LogP contribution is 2.15. The summed E-state index contributed by atoms with van der Waals surface area (Å²) in [4.78, 5) is 11.9. The van der Waals surface area contributed by atoms with Gasteiger partial charge in [-0.25, -0.2) is 0 Å². The number of rotatable bonds is 5. The molecule has 0 saturated heterocycles. The van der Waals surface area contributed by atoms with Gasteiger partial charge in [0.25, 0.3) is 5.91 Å². The van der Waals surface area contributed by atoms with Crippen molar-refractivity contribution in [3.8, 4) is 0 Å². The number of aromatic nitrogens is 2. The zero-order chi connectivity index (χ0) is 13.0. The first-order chi connectivity index (χ1) is 7.97. The van der Waals surface area contributed by atoms with Gasteiger partial charge in [-0.1, -0.05) is 6.92 Å². The van der Waals surface area contributed by atoms with Gasteiger partial charge in [-0.3, -0.25) is 9.48 Å². The van der Waals surface area contributed by atoms with Crippen LogP contribution in [0.25, 0.3) is 0 Å². The van der Waals surface area contributed by atoms with Gasteiger partial charge in [0, 0.05) is 18.8 Å². The van der Waals surface area contributed by atoms with Gasteiger partial charge in [-0.15, -0.1) is 0 Å². The Labute approximate surface area is 106 Å². The van der Waals surface area contributed by atoms with Crippen LogP contribution in [0.2, 0.25) is 0 Å². The highest BCUT2D eigenvalue weighted by Gasteiger charge is 2.17. The maximum atomic E-state index is 11.9. The van der Waals surface area contributed by atoms with Gasteiger partial charge in [0.2, 0.25) is 0 Å². The van der Waals surface area contributed by atoms with E-state index in [0.29, 0.717) is 28.9 Å². The predicted molar refractivity (Wildman–Crippen MR) is 72.3 cm³/mol. The minimum absolute atomic E-state index is 0.154. The van der Waals surface area contributed by atoms with Crippen LogP contribution in [0.15, 0.2) is 0 Å². The van der Waals surface area contributed by atoms with Crippen molar-refractivity contribution in [2.75, 3.05) is 18.5 Å². The summed E-state index contributed by atoms with van der Waals surface area (Å²) in [5.41, 5.74) is 7.41. The molecule has 1 heterocycles. The Morgan fingerprint density at radius 3 is 2.76 bits per heavy atom. The van der Waals surface area contributed by atoms with E-state index in [1.54, 1.807) is 25.7 Å². The number of aryl methyl sites for hydroxylation is 2. The fourth-order valence-corrected chi connectivity index (χ4v) is 1.89. The van der Waals surface area contributed by atoms with Crippen LogP contribution in [0, 0.1) is 6.92 Å². The van der Waals surface area contributed by atoms with Crippen LogP contribution >= 0.6 is 11.8 Å². The summed E-state index contributed by atoms with van der Waals surface area (Å²) < 4.78 is 1.53. The summed E-state index contributed by atoms with van der Waals surface area (Å²) in [6.07, 6.45) is 3.01. The molecule has 0 spiro atoms. The van der Waals surface area contributed by atoms with Crippen LogP contribution in [0.3, 0.4) is 0 Å². The first kappa shape index (κ1) is 13.9. The number of nitrogens with zero attached hydrogens (tertiary/aromatic N) is 2. The van der Waals surface area contributed by atoms with Crippen LogP contribution in [-0.2, 0) is 7.05 Å². The fourth-order valence-electron chi connectivity index (χ4n) is 1.53. The van der Waals surface area contributed by atoms with Crippen molar-refractivity contribution < 1.29 is 4.79 Å². The largest absolute Gasteiger partial charge is 0.395 e. The lowest BCUT2D eigenvalue weighted by molar-refractivity contribution is 0.0945. The summed E-state index contributed by atoms with van der Waals surface area (Å²) in [6, 6.07) is 0. The van der Waals surface area contributed by atoms with Crippen LogP contribution in [0.5, 0.6) is 0 Å². The molecule has 6 heteroatoms. The number of nitrogen functional groups attached to an aromatic ring is 1. The van der Waals surface area contributed by atoms with E-state index in [2.05, 4.69) is 23.6 Å². The smallest absolute Gasteiger partial charge is 0.271 e. The molecule has 1 aromatic rings. The summed E-state index contributed by atoms with van der Waals surface area (Å²) in [6.45, 7) is 4.59. The van der Waals surface area contributed by atoms with Gasteiger partial charge in [-0.2, -0.15) is 16.9 Å². The summed E-state index contributed by atoms with van der Waals surface area (Å²) in [5.74, 6) is -0.154. The lowest BCUT2D eigenvalue weighted by atomic mass is 10.2. The summed E-state index contributed by atoms with van der Waals surface area (Å²) >= 11 is 1.79. The highest BCUT2D eigenvalue weighted by molar-refractivity contribution is 7.99. The van der Waals surface area contributed by atoms with Crippen molar-refractivity contribution >= 4 is 23.4 Å². The molecule has 1 aromatic heterocycles. The third-order valence-corrected chi connectivity index (χ3v) is 3.76. The first-order valence-electron chi connectivity index (χ1n) is 5.57. The molecule has 3 N–H and O–H groups in total. The van der Waals surface area contributed by atoms with Crippen LogP contribution in [0.1, 0.15) is 29.5 Å². The quantitative estimate of drug-likeness (QED) is 0.830. The number of amides is 1. The Hall–Kier alpha value is -1.17. The number of thioether (sulfide) groups is 1. The second-order valence-electron chi connectivity index (χ2n) is 4.06. The molecule has 0 aliphatic heterocycles. The molecule has 0 aromatic carbocycles. The predicted octanol–water partition coefficient (Wildman–Crippen LogP) is 1.18. The van der Waals surface area contributed by atoms with E-state index in [4.69, 9.17) is 5.73 Å². The molecule has 1 rings (SSSR count). The minimum Gasteiger partial charge on any atom is -0.395 e. The third-order valence-electron chi connectivity index (χ3n) is 2.72. The molecule has 0 radical (unpaired) electrons. The van der Waals surface area contributed by atoms with Gasteiger partial charge in [0.1, 0.15) is 5.69 Å². The second-order valence-corrected chi connectivity index (χ2v) is 5.34. The molecule has 17 heavy (non-hydrogen) atoms. The van der Waals surface area contributed by atoms with Crippen molar-refractivity contribution in [1.82, 2.24) is 15.1 Å². The summed E-state index contributed by atoms with van der Waals surface area (Å²) in [5, 5.41) is 7.53. The molecule has 1 amide bonds. The van der Waals surface area contributed by atoms with Crippen LogP contribution in [-0.4, -0.2) is 33.7 Å². The molecule has 0 aliphatic carbocycles. The number of carbonyl (C=O) groups excluding carboxylic acids is 1. The molecule has 0 aliphatic rings. The molecule has 0 fully saturated rings. The first-order valence-corrected chi connectivity index (χ1v) is 6.86. The van der Waals surface area contributed by atoms with E-state index in [0.717, 1.165) is 6.42 Å². The maximum absolute atomic E-state index is 11.9. The Morgan fingerprint density at radius 2 is 2.29 bits per heavy atom. The summed E-state index contributed by atoms with van der Waals surface area (Å²) in [7, 11) is 1.72. The maximum Gasteiger partial charge on any atom is 0.271 e. The number of carbonyl (C=O) groups is 1. The second kappa shape index (κ2) is 5.95. The van der Waals surface area contributed by atoms with Gasteiger partial charge < -0.3 is 11.1 Å². The monoisotopic (exact) mass is 256 g/mol.